The number of aromatic hydroxyl groups is 1. The zero-order chi connectivity index (χ0) is 24.2. The van der Waals surface area contributed by atoms with Crippen LogP contribution in [0, 0.1) is 5.92 Å². The average Bonchev–Trinajstić information content (AvgIpc) is 2.80. The normalized spacial score (nSPS) is 29.0. The zero-order valence-electron chi connectivity index (χ0n) is 20.5. The van der Waals surface area contributed by atoms with E-state index in [4.69, 9.17) is 18.9 Å². The lowest BCUT2D eigenvalue weighted by atomic mass is 9.75. The number of carbonyl (C=O) groups is 2. The quantitative estimate of drug-likeness (QED) is 0.600. The number of fused-ring (bicyclic) bond motifs is 2. The van der Waals surface area contributed by atoms with E-state index in [0.717, 1.165) is 37.9 Å². The number of rotatable bonds is 7. The Kier molecular flexibility index (Phi) is 7.99. The Morgan fingerprint density at radius 2 is 2.03 bits per heavy atom. The number of nitrogens with zero attached hydrogens (tertiary/aromatic N) is 1. The van der Waals surface area contributed by atoms with Crippen molar-refractivity contribution in [2.45, 2.75) is 90.3 Å². The summed E-state index contributed by atoms with van der Waals surface area (Å²) in [6, 6.07) is 4.19. The fraction of sp³-hybridized carbons (Fsp3) is 0.692. The standard InChI is InChI=1S/C26H37NO7/c1-4-10-27-11-6-7-18-12-20-17(13-21(18)27)8-9-22(29)25(20)34-24-15-19(32-16(3)28)14-23(33-24)26(30)31-5-2/h8-9,18-19,21,23-24,29H,4-7,10-15H2,1-3H3/t18-,19+,21-,23+,24+/m1/s1. The van der Waals surface area contributed by atoms with Gasteiger partial charge in [-0.1, -0.05) is 13.0 Å². The molecule has 8 nitrogen and oxygen atoms in total. The molecule has 4 rings (SSSR count). The van der Waals surface area contributed by atoms with E-state index in [0.29, 0.717) is 17.7 Å². The van der Waals surface area contributed by atoms with Gasteiger partial charge >= 0.3 is 11.9 Å². The van der Waals surface area contributed by atoms with Crippen molar-refractivity contribution in [3.05, 3.63) is 23.3 Å². The highest BCUT2D eigenvalue weighted by Crippen LogP contribution is 2.43. The van der Waals surface area contributed by atoms with Crippen molar-refractivity contribution < 1.29 is 33.6 Å². The molecule has 0 amide bonds. The van der Waals surface area contributed by atoms with Crippen molar-refractivity contribution in [1.82, 2.24) is 4.90 Å². The number of benzene rings is 1. The van der Waals surface area contributed by atoms with E-state index >= 15 is 0 Å². The molecule has 5 atom stereocenters. The van der Waals surface area contributed by atoms with Gasteiger partial charge in [-0.2, -0.15) is 0 Å². The minimum absolute atomic E-state index is 0.0596. The molecule has 1 aliphatic carbocycles. The van der Waals surface area contributed by atoms with E-state index in [2.05, 4.69) is 11.8 Å². The maximum atomic E-state index is 12.4. The topological polar surface area (TPSA) is 94.5 Å². The predicted molar refractivity (Wildman–Crippen MR) is 125 cm³/mol. The number of hydrogen-bond donors (Lipinski definition) is 1. The van der Waals surface area contributed by atoms with E-state index in [9.17, 15) is 14.7 Å². The maximum absolute atomic E-state index is 12.4. The Balaban J connectivity index is 1.56. The van der Waals surface area contributed by atoms with Crippen molar-refractivity contribution in [1.29, 1.82) is 0 Å². The smallest absolute Gasteiger partial charge is 0.335 e. The summed E-state index contributed by atoms with van der Waals surface area (Å²) in [6.07, 6.45) is 3.49. The predicted octanol–water partition coefficient (Wildman–Crippen LogP) is 3.36. The third kappa shape index (κ3) is 5.49. The van der Waals surface area contributed by atoms with Crippen LogP contribution in [0.25, 0.3) is 0 Å². The molecule has 1 aromatic carbocycles. The molecule has 0 aromatic heterocycles. The largest absolute Gasteiger partial charge is 0.504 e. The van der Waals surface area contributed by atoms with Gasteiger partial charge in [-0.3, -0.25) is 9.69 Å². The van der Waals surface area contributed by atoms with Crippen LogP contribution in [0.1, 0.15) is 64.0 Å². The summed E-state index contributed by atoms with van der Waals surface area (Å²) in [7, 11) is 0. The Labute approximate surface area is 201 Å². The van der Waals surface area contributed by atoms with Crippen molar-refractivity contribution in [3.8, 4) is 11.5 Å². The van der Waals surface area contributed by atoms with Gasteiger partial charge in [0.2, 0.25) is 6.29 Å². The summed E-state index contributed by atoms with van der Waals surface area (Å²) in [6.45, 7) is 7.78. The first kappa shape index (κ1) is 24.8. The molecule has 2 saturated heterocycles. The van der Waals surface area contributed by atoms with Gasteiger partial charge in [0.1, 0.15) is 6.10 Å². The molecule has 3 aliphatic rings. The second kappa shape index (κ2) is 11.0. The molecule has 2 aliphatic heterocycles. The van der Waals surface area contributed by atoms with E-state index in [1.165, 1.54) is 25.3 Å². The lowest BCUT2D eigenvalue weighted by Gasteiger charge is -2.45. The van der Waals surface area contributed by atoms with Crippen LogP contribution in [-0.4, -0.2) is 66.2 Å². The summed E-state index contributed by atoms with van der Waals surface area (Å²) in [5.41, 5.74) is 2.21. The number of likely N-dealkylation sites (tertiary alicyclic amines) is 1. The van der Waals surface area contributed by atoms with Gasteiger partial charge in [-0.05, 0) is 69.7 Å². The van der Waals surface area contributed by atoms with Crippen LogP contribution in [-0.2, 0) is 36.6 Å². The van der Waals surface area contributed by atoms with Crippen molar-refractivity contribution >= 4 is 11.9 Å². The molecular formula is C26H37NO7. The molecular weight excluding hydrogens is 438 g/mol. The third-order valence-corrected chi connectivity index (χ3v) is 7.16. The number of esters is 2. The molecule has 2 fully saturated rings. The highest BCUT2D eigenvalue weighted by atomic mass is 16.7. The third-order valence-electron chi connectivity index (χ3n) is 7.16. The molecule has 8 heteroatoms. The lowest BCUT2D eigenvalue weighted by Crippen LogP contribution is -2.49. The highest BCUT2D eigenvalue weighted by Gasteiger charge is 2.40. The molecule has 0 spiro atoms. The number of carbonyl (C=O) groups excluding carboxylic acids is 2. The Bertz CT molecular complexity index is 886. The molecule has 188 valence electrons. The zero-order valence-corrected chi connectivity index (χ0v) is 20.5. The van der Waals surface area contributed by atoms with Crippen molar-refractivity contribution in [3.63, 3.8) is 0 Å². The van der Waals surface area contributed by atoms with Gasteiger partial charge in [0.15, 0.2) is 17.6 Å². The van der Waals surface area contributed by atoms with Crippen LogP contribution in [0.15, 0.2) is 12.1 Å². The van der Waals surface area contributed by atoms with E-state index < -0.39 is 30.4 Å². The van der Waals surface area contributed by atoms with Gasteiger partial charge < -0.3 is 24.1 Å². The maximum Gasteiger partial charge on any atom is 0.335 e. The van der Waals surface area contributed by atoms with Gasteiger partial charge in [0.25, 0.3) is 0 Å². The molecule has 34 heavy (non-hydrogen) atoms. The first-order valence-corrected chi connectivity index (χ1v) is 12.6. The summed E-state index contributed by atoms with van der Waals surface area (Å²) in [5.74, 6) is 0.0655. The lowest BCUT2D eigenvalue weighted by molar-refractivity contribution is -0.205. The summed E-state index contributed by atoms with van der Waals surface area (Å²) in [5, 5.41) is 10.7. The van der Waals surface area contributed by atoms with Crippen LogP contribution in [0.2, 0.25) is 0 Å². The van der Waals surface area contributed by atoms with Crippen LogP contribution in [0.4, 0.5) is 0 Å². The monoisotopic (exact) mass is 475 g/mol. The van der Waals surface area contributed by atoms with Crippen molar-refractivity contribution in [2.75, 3.05) is 19.7 Å². The van der Waals surface area contributed by atoms with E-state index in [1.54, 1.807) is 13.0 Å². The SMILES string of the molecule is CCCN1CCC[C@@H]2Cc3c(ccc(O)c3O[C@H]3C[C@@H](OC(C)=O)C[C@@H](C(=O)OCC)O3)C[C@H]21. The fourth-order valence-electron chi connectivity index (χ4n) is 5.77. The number of ether oxygens (including phenoxy) is 4. The number of phenols is 1. The second-order valence-corrected chi connectivity index (χ2v) is 9.59. The molecule has 0 unspecified atom stereocenters. The highest BCUT2D eigenvalue weighted by molar-refractivity contribution is 5.75. The number of hydrogen-bond acceptors (Lipinski definition) is 8. The van der Waals surface area contributed by atoms with Gasteiger partial charge in [-0.25, -0.2) is 4.79 Å². The van der Waals surface area contributed by atoms with Gasteiger partial charge in [-0.15, -0.1) is 0 Å². The van der Waals surface area contributed by atoms with Crippen LogP contribution in [0.5, 0.6) is 11.5 Å². The molecule has 0 saturated carbocycles. The fourth-order valence-corrected chi connectivity index (χ4v) is 5.77. The van der Waals surface area contributed by atoms with Crippen LogP contribution in [0.3, 0.4) is 0 Å². The summed E-state index contributed by atoms with van der Waals surface area (Å²) >= 11 is 0. The minimum Gasteiger partial charge on any atom is -0.504 e. The Morgan fingerprint density at radius 3 is 2.76 bits per heavy atom. The van der Waals surface area contributed by atoms with Crippen molar-refractivity contribution in [2.24, 2.45) is 5.92 Å². The second-order valence-electron chi connectivity index (χ2n) is 9.59. The molecule has 1 aromatic rings. The first-order valence-electron chi connectivity index (χ1n) is 12.6. The number of piperidine rings is 1. The Morgan fingerprint density at radius 1 is 1.21 bits per heavy atom. The minimum atomic E-state index is -0.893. The molecule has 2 heterocycles. The van der Waals surface area contributed by atoms with E-state index in [-0.39, 0.29) is 25.2 Å². The van der Waals surface area contributed by atoms with E-state index in [1.807, 2.05) is 6.07 Å². The molecule has 0 radical (unpaired) electrons. The average molecular weight is 476 g/mol. The molecule has 1 N–H and O–H groups in total. The Hall–Kier alpha value is -2.32. The summed E-state index contributed by atoms with van der Waals surface area (Å²) in [4.78, 5) is 26.6. The number of phenolic OH excluding ortho intramolecular Hbond substituents is 1. The molecule has 0 bridgehead atoms. The summed E-state index contributed by atoms with van der Waals surface area (Å²) < 4.78 is 22.6. The van der Waals surface area contributed by atoms with Crippen LogP contribution >= 0.6 is 0 Å². The van der Waals surface area contributed by atoms with Crippen LogP contribution < -0.4 is 4.74 Å². The first-order chi connectivity index (χ1) is 16.4. The van der Waals surface area contributed by atoms with Gasteiger partial charge in [0.05, 0.1) is 6.61 Å². The van der Waals surface area contributed by atoms with Gasteiger partial charge in [0, 0.05) is 31.4 Å².